The molecule has 1 atom stereocenters. The lowest BCUT2D eigenvalue weighted by Gasteiger charge is -2.17. The number of hydrogen-bond acceptors (Lipinski definition) is 5. The maximum absolute atomic E-state index is 12.5. The zero-order chi connectivity index (χ0) is 22.5. The minimum Gasteiger partial charge on any atom is -0.482 e. The fraction of sp³-hybridized carbons (Fsp3) is 0.375. The molecule has 7 heteroatoms. The lowest BCUT2D eigenvalue weighted by molar-refractivity contribution is -0.113. The minimum atomic E-state index is -0.257. The Hall–Kier alpha value is -2.80. The van der Waals surface area contributed by atoms with E-state index in [2.05, 4.69) is 28.5 Å². The van der Waals surface area contributed by atoms with E-state index in [4.69, 9.17) is 4.74 Å². The van der Waals surface area contributed by atoms with Gasteiger partial charge in [-0.3, -0.25) is 4.79 Å². The number of aryl methyl sites for hydroxylation is 4. The number of ether oxygens (including phenoxy) is 1. The molecular formula is C24H30N4O2S. The number of carbonyl (C=O) groups excluding carboxylic acids is 1. The predicted octanol–water partition coefficient (Wildman–Crippen LogP) is 5.40. The van der Waals surface area contributed by atoms with Gasteiger partial charge in [-0.1, -0.05) is 41.6 Å². The van der Waals surface area contributed by atoms with Crippen LogP contribution in [-0.2, 0) is 11.3 Å². The second-order valence-electron chi connectivity index (χ2n) is 7.77. The Balaban J connectivity index is 1.66. The number of carbonyl (C=O) groups is 1. The highest BCUT2D eigenvalue weighted by molar-refractivity contribution is 7.99. The van der Waals surface area contributed by atoms with Gasteiger partial charge in [-0.2, -0.15) is 0 Å². The van der Waals surface area contributed by atoms with Gasteiger partial charge < -0.3 is 14.6 Å². The molecule has 1 aromatic heterocycles. The van der Waals surface area contributed by atoms with Gasteiger partial charge in [0, 0.05) is 12.2 Å². The smallest absolute Gasteiger partial charge is 0.234 e. The van der Waals surface area contributed by atoms with Crippen LogP contribution in [-0.4, -0.2) is 26.4 Å². The van der Waals surface area contributed by atoms with Crippen molar-refractivity contribution >= 4 is 23.4 Å². The molecule has 2 aromatic carbocycles. The van der Waals surface area contributed by atoms with Crippen LogP contribution < -0.4 is 10.1 Å². The van der Waals surface area contributed by atoms with Gasteiger partial charge in [-0.15, -0.1) is 10.2 Å². The highest BCUT2D eigenvalue weighted by atomic mass is 32.2. The first kappa shape index (κ1) is 22.9. The molecule has 0 aliphatic heterocycles. The molecule has 164 valence electrons. The van der Waals surface area contributed by atoms with Crippen LogP contribution in [0.5, 0.6) is 5.75 Å². The molecule has 1 amide bonds. The van der Waals surface area contributed by atoms with Crippen molar-refractivity contribution < 1.29 is 9.53 Å². The molecule has 3 aromatic rings. The molecule has 0 aliphatic rings. The molecule has 3 rings (SSSR count). The van der Waals surface area contributed by atoms with Gasteiger partial charge in [0.1, 0.15) is 5.75 Å². The Morgan fingerprint density at radius 1 is 1.06 bits per heavy atom. The van der Waals surface area contributed by atoms with E-state index in [0.717, 1.165) is 34.0 Å². The van der Waals surface area contributed by atoms with Crippen LogP contribution in [0.25, 0.3) is 0 Å². The Kier molecular flexibility index (Phi) is 7.38. The van der Waals surface area contributed by atoms with Crippen LogP contribution >= 0.6 is 11.8 Å². The molecule has 6 nitrogen and oxygen atoms in total. The topological polar surface area (TPSA) is 69.0 Å². The van der Waals surface area contributed by atoms with Crippen molar-refractivity contribution in [2.75, 3.05) is 11.1 Å². The van der Waals surface area contributed by atoms with E-state index in [9.17, 15) is 4.79 Å². The lowest BCUT2D eigenvalue weighted by atomic mass is 10.1. The molecule has 0 spiro atoms. The molecule has 0 saturated heterocycles. The number of aromatic nitrogens is 3. The Morgan fingerprint density at radius 3 is 2.48 bits per heavy atom. The van der Waals surface area contributed by atoms with E-state index in [1.54, 1.807) is 0 Å². The molecule has 1 unspecified atom stereocenters. The van der Waals surface area contributed by atoms with Crippen LogP contribution in [0.15, 0.2) is 41.6 Å². The Morgan fingerprint density at radius 2 is 1.77 bits per heavy atom. The molecule has 0 saturated carbocycles. The van der Waals surface area contributed by atoms with Crippen LogP contribution in [0.1, 0.15) is 48.0 Å². The van der Waals surface area contributed by atoms with Gasteiger partial charge in [0.05, 0.1) is 5.75 Å². The quantitative estimate of drug-likeness (QED) is 0.477. The monoisotopic (exact) mass is 438 g/mol. The van der Waals surface area contributed by atoms with Crippen molar-refractivity contribution in [3.63, 3.8) is 0 Å². The van der Waals surface area contributed by atoms with Gasteiger partial charge in [-0.25, -0.2) is 0 Å². The van der Waals surface area contributed by atoms with Gasteiger partial charge in [0.25, 0.3) is 0 Å². The number of amides is 1. The molecular weight excluding hydrogens is 408 g/mol. The first-order chi connectivity index (χ1) is 14.8. The largest absolute Gasteiger partial charge is 0.482 e. The molecule has 0 fully saturated rings. The summed E-state index contributed by atoms with van der Waals surface area (Å²) in [7, 11) is 0. The van der Waals surface area contributed by atoms with Crippen LogP contribution in [0.4, 0.5) is 5.69 Å². The standard InChI is InChI=1S/C24H30N4O2S/c1-7-28-23(19(6)30-21-11-9-15(2)12-18(21)5)26-27-24(28)31-14-22(29)25-20-13-16(3)8-10-17(20)4/h8-13,19H,7,14H2,1-6H3,(H,25,29). The maximum atomic E-state index is 12.5. The molecule has 1 N–H and O–H groups in total. The average molecular weight is 439 g/mol. The van der Waals surface area contributed by atoms with Crippen LogP contribution in [0.2, 0.25) is 0 Å². The summed E-state index contributed by atoms with van der Waals surface area (Å²) in [5.41, 5.74) is 5.29. The van der Waals surface area contributed by atoms with E-state index in [1.165, 1.54) is 17.3 Å². The third-order valence-corrected chi connectivity index (χ3v) is 6.03. The Labute approximate surface area is 188 Å². The first-order valence-electron chi connectivity index (χ1n) is 10.5. The van der Waals surface area contributed by atoms with Crippen molar-refractivity contribution in [1.82, 2.24) is 14.8 Å². The number of nitrogens with one attached hydrogen (secondary N) is 1. The maximum Gasteiger partial charge on any atom is 0.234 e. The number of nitrogens with zero attached hydrogens (tertiary/aromatic N) is 3. The van der Waals surface area contributed by atoms with Crippen LogP contribution in [0.3, 0.4) is 0 Å². The van der Waals surface area contributed by atoms with Gasteiger partial charge in [0.2, 0.25) is 5.91 Å². The molecule has 1 heterocycles. The summed E-state index contributed by atoms with van der Waals surface area (Å²) in [6.45, 7) is 12.8. The minimum absolute atomic E-state index is 0.0644. The van der Waals surface area contributed by atoms with Crippen molar-refractivity contribution in [2.24, 2.45) is 0 Å². The number of rotatable bonds is 8. The molecule has 31 heavy (non-hydrogen) atoms. The summed E-state index contributed by atoms with van der Waals surface area (Å²) in [6.07, 6.45) is -0.257. The van der Waals surface area contributed by atoms with E-state index in [0.29, 0.717) is 11.7 Å². The molecule has 0 radical (unpaired) electrons. The molecule has 0 aliphatic carbocycles. The summed E-state index contributed by atoms with van der Waals surface area (Å²) >= 11 is 1.38. The van der Waals surface area contributed by atoms with Crippen LogP contribution in [0, 0.1) is 27.7 Å². The van der Waals surface area contributed by atoms with Gasteiger partial charge in [0.15, 0.2) is 17.1 Å². The van der Waals surface area contributed by atoms with Gasteiger partial charge >= 0.3 is 0 Å². The van der Waals surface area contributed by atoms with Crippen molar-refractivity contribution in [2.45, 2.75) is 59.3 Å². The third-order valence-electron chi connectivity index (χ3n) is 5.06. The normalized spacial score (nSPS) is 11.9. The zero-order valence-electron chi connectivity index (χ0n) is 19.0. The van der Waals surface area contributed by atoms with Crippen molar-refractivity contribution in [3.8, 4) is 5.75 Å². The number of benzene rings is 2. The molecule has 0 bridgehead atoms. The fourth-order valence-corrected chi connectivity index (χ4v) is 4.18. The number of hydrogen-bond donors (Lipinski definition) is 1. The highest BCUT2D eigenvalue weighted by Gasteiger charge is 2.20. The Bertz CT molecular complexity index is 1080. The van der Waals surface area contributed by atoms with E-state index < -0.39 is 0 Å². The fourth-order valence-electron chi connectivity index (χ4n) is 3.37. The summed E-state index contributed by atoms with van der Waals surface area (Å²) in [6, 6.07) is 12.1. The van der Waals surface area contributed by atoms with E-state index >= 15 is 0 Å². The predicted molar refractivity (Wildman–Crippen MR) is 126 cm³/mol. The average Bonchev–Trinajstić information content (AvgIpc) is 3.14. The summed E-state index contributed by atoms with van der Waals surface area (Å²) in [5, 5.41) is 12.4. The SMILES string of the molecule is CCn1c(SCC(=O)Nc2cc(C)ccc2C)nnc1C(C)Oc1ccc(C)cc1C. The van der Waals surface area contributed by atoms with E-state index in [1.807, 2.05) is 69.5 Å². The summed E-state index contributed by atoms with van der Waals surface area (Å²) in [4.78, 5) is 12.5. The highest BCUT2D eigenvalue weighted by Crippen LogP contribution is 2.27. The lowest BCUT2D eigenvalue weighted by Crippen LogP contribution is -2.16. The second-order valence-corrected chi connectivity index (χ2v) is 8.71. The summed E-state index contributed by atoms with van der Waals surface area (Å²) < 4.78 is 8.16. The first-order valence-corrected chi connectivity index (χ1v) is 11.4. The van der Waals surface area contributed by atoms with Gasteiger partial charge in [-0.05, 0) is 70.4 Å². The van der Waals surface area contributed by atoms with Crippen molar-refractivity contribution in [1.29, 1.82) is 0 Å². The summed E-state index contributed by atoms with van der Waals surface area (Å²) in [5.74, 6) is 1.79. The van der Waals surface area contributed by atoms with E-state index in [-0.39, 0.29) is 17.8 Å². The number of anilines is 1. The second kappa shape index (κ2) is 10.0. The zero-order valence-corrected chi connectivity index (χ0v) is 19.8. The third kappa shape index (κ3) is 5.67. The van der Waals surface area contributed by atoms with Crippen molar-refractivity contribution in [3.05, 3.63) is 64.5 Å². The number of thioether (sulfide) groups is 1.